The predicted octanol–water partition coefficient (Wildman–Crippen LogP) is 5.25. The first kappa shape index (κ1) is 27.4. The van der Waals surface area contributed by atoms with Crippen molar-refractivity contribution in [3.8, 4) is 11.5 Å². The second-order valence-electron chi connectivity index (χ2n) is 8.45. The molecular weight excluding hydrogens is 514 g/mol. The highest BCUT2D eigenvalue weighted by Gasteiger charge is 2.21. The Morgan fingerprint density at radius 2 is 1.54 bits per heavy atom. The molecule has 4 aromatic rings. The number of nitrogens with one attached hydrogen (secondary N) is 1. The van der Waals surface area contributed by atoms with Crippen molar-refractivity contribution in [3.63, 3.8) is 0 Å². The van der Waals surface area contributed by atoms with Gasteiger partial charge < -0.3 is 9.47 Å². The third-order valence-corrected chi connectivity index (χ3v) is 7.58. The van der Waals surface area contributed by atoms with Crippen molar-refractivity contribution in [2.75, 3.05) is 18.0 Å². The highest BCUT2D eigenvalue weighted by Crippen LogP contribution is 2.29. The lowest BCUT2D eigenvalue weighted by Gasteiger charge is -2.19. The number of nitrogens with zero attached hydrogens (tertiary/aromatic N) is 2. The summed E-state index contributed by atoms with van der Waals surface area (Å²) in [6, 6.07) is 29.6. The molecule has 0 saturated heterocycles. The van der Waals surface area contributed by atoms with Crippen molar-refractivity contribution in [1.82, 2.24) is 5.43 Å². The van der Waals surface area contributed by atoms with Crippen molar-refractivity contribution in [3.05, 3.63) is 120 Å². The third kappa shape index (κ3) is 7.03. The van der Waals surface area contributed by atoms with Crippen LogP contribution in [-0.4, -0.2) is 34.2 Å². The Kier molecular flexibility index (Phi) is 8.96. The molecular formula is C30H29N3O5S. The summed E-state index contributed by atoms with van der Waals surface area (Å²) in [5.41, 5.74) is 5.02. The predicted molar refractivity (Wildman–Crippen MR) is 152 cm³/mol. The van der Waals surface area contributed by atoms with E-state index in [2.05, 4.69) is 10.5 Å². The fourth-order valence-electron chi connectivity index (χ4n) is 3.67. The number of benzene rings is 4. The maximum atomic E-state index is 12.8. The second-order valence-corrected chi connectivity index (χ2v) is 10.4. The summed E-state index contributed by atoms with van der Waals surface area (Å²) in [6.45, 7) is 2.77. The molecule has 9 heteroatoms. The Morgan fingerprint density at radius 1 is 0.872 bits per heavy atom. The van der Waals surface area contributed by atoms with E-state index in [1.54, 1.807) is 54.6 Å². The van der Waals surface area contributed by atoms with Gasteiger partial charge in [0.05, 0.1) is 23.4 Å². The Labute approximate surface area is 228 Å². The molecule has 200 valence electrons. The maximum absolute atomic E-state index is 12.8. The highest BCUT2D eigenvalue weighted by atomic mass is 32.2. The number of hydrazone groups is 1. The lowest BCUT2D eigenvalue weighted by Crippen LogP contribution is -2.26. The van der Waals surface area contributed by atoms with Crippen molar-refractivity contribution in [2.45, 2.75) is 18.4 Å². The summed E-state index contributed by atoms with van der Waals surface area (Å²) < 4.78 is 38.5. The van der Waals surface area contributed by atoms with Gasteiger partial charge in [-0.25, -0.2) is 13.8 Å². The first-order chi connectivity index (χ1) is 18.9. The molecule has 8 nitrogen and oxygen atoms in total. The van der Waals surface area contributed by atoms with Crippen LogP contribution in [0.3, 0.4) is 0 Å². The summed E-state index contributed by atoms with van der Waals surface area (Å²) in [6.07, 6.45) is 1.51. The van der Waals surface area contributed by atoms with Gasteiger partial charge in [-0.1, -0.05) is 48.5 Å². The molecule has 4 rings (SSSR count). The molecule has 0 aliphatic rings. The minimum Gasteiger partial charge on any atom is -0.490 e. The number of carbonyl (C=O) groups is 1. The largest absolute Gasteiger partial charge is 0.490 e. The normalized spacial score (nSPS) is 11.2. The van der Waals surface area contributed by atoms with E-state index in [1.807, 2.05) is 43.3 Å². The van der Waals surface area contributed by atoms with Crippen molar-refractivity contribution < 1.29 is 22.7 Å². The first-order valence-corrected chi connectivity index (χ1v) is 13.7. The summed E-state index contributed by atoms with van der Waals surface area (Å²) in [7, 11) is -2.24. The van der Waals surface area contributed by atoms with Gasteiger partial charge in [-0.3, -0.25) is 9.10 Å². The summed E-state index contributed by atoms with van der Waals surface area (Å²) in [4.78, 5) is 12.8. The number of amides is 1. The minimum atomic E-state index is -3.71. The number of ether oxygens (including phenoxy) is 2. The van der Waals surface area contributed by atoms with E-state index >= 15 is 0 Å². The molecule has 0 bridgehead atoms. The molecule has 0 unspecified atom stereocenters. The number of anilines is 1. The fourth-order valence-corrected chi connectivity index (χ4v) is 4.89. The van der Waals surface area contributed by atoms with E-state index in [0.29, 0.717) is 41.5 Å². The number of rotatable bonds is 11. The average molecular weight is 544 g/mol. The zero-order valence-corrected chi connectivity index (χ0v) is 22.5. The van der Waals surface area contributed by atoms with Gasteiger partial charge in [0.15, 0.2) is 11.5 Å². The molecule has 0 heterocycles. The molecule has 0 fully saturated rings. The van der Waals surface area contributed by atoms with Crippen LogP contribution in [-0.2, 0) is 16.6 Å². The maximum Gasteiger partial charge on any atom is 0.271 e. The Bertz CT molecular complexity index is 1520. The van der Waals surface area contributed by atoms with E-state index in [9.17, 15) is 13.2 Å². The number of carbonyl (C=O) groups excluding carboxylic acids is 1. The average Bonchev–Trinajstić information content (AvgIpc) is 2.97. The van der Waals surface area contributed by atoms with Crippen molar-refractivity contribution in [1.29, 1.82) is 0 Å². The molecule has 1 N–H and O–H groups in total. The van der Waals surface area contributed by atoms with Crippen LogP contribution in [0.4, 0.5) is 5.69 Å². The molecule has 39 heavy (non-hydrogen) atoms. The van der Waals surface area contributed by atoms with Gasteiger partial charge in [0.2, 0.25) is 0 Å². The molecule has 0 aromatic heterocycles. The van der Waals surface area contributed by atoms with Crippen LogP contribution in [0.2, 0.25) is 0 Å². The molecule has 1 amide bonds. The van der Waals surface area contributed by atoms with Crippen LogP contribution in [0.1, 0.15) is 28.4 Å². The minimum absolute atomic E-state index is 0.187. The summed E-state index contributed by atoms with van der Waals surface area (Å²) in [5.74, 6) is 0.759. The van der Waals surface area contributed by atoms with Crippen LogP contribution in [0, 0.1) is 0 Å². The standard InChI is InChI=1S/C30H29N3O5S/c1-3-37-29-20-24(14-19-28(29)38-22-23-10-6-4-7-11-23)21-31-32-30(34)25-15-17-26(18-16-25)33(2)39(35,36)27-12-8-5-9-13-27/h4-21H,3,22H2,1-2H3,(H,32,34)/b31-21-. The van der Waals surface area contributed by atoms with E-state index in [0.717, 1.165) is 5.56 Å². The topological polar surface area (TPSA) is 97.3 Å². The lowest BCUT2D eigenvalue weighted by molar-refractivity contribution is 0.0955. The van der Waals surface area contributed by atoms with Crippen LogP contribution in [0.5, 0.6) is 11.5 Å². The van der Waals surface area contributed by atoms with E-state index in [-0.39, 0.29) is 4.90 Å². The Hall–Kier alpha value is -4.63. The molecule has 0 saturated carbocycles. The summed E-state index contributed by atoms with van der Waals surface area (Å²) in [5, 5.41) is 4.05. The number of hydrogen-bond donors (Lipinski definition) is 1. The number of sulfonamides is 1. The van der Waals surface area contributed by atoms with Crippen LogP contribution in [0.15, 0.2) is 113 Å². The Morgan fingerprint density at radius 3 is 2.21 bits per heavy atom. The van der Waals surface area contributed by atoms with Gasteiger partial charge in [0, 0.05) is 12.6 Å². The van der Waals surface area contributed by atoms with Gasteiger partial charge in [-0.2, -0.15) is 5.10 Å². The second kappa shape index (κ2) is 12.7. The zero-order chi connectivity index (χ0) is 27.7. The quantitative estimate of drug-likeness (QED) is 0.206. The van der Waals surface area contributed by atoms with Crippen molar-refractivity contribution >= 4 is 27.8 Å². The first-order valence-electron chi connectivity index (χ1n) is 12.3. The van der Waals surface area contributed by atoms with Crippen LogP contribution in [0.25, 0.3) is 0 Å². The van der Waals surface area contributed by atoms with E-state index < -0.39 is 15.9 Å². The smallest absolute Gasteiger partial charge is 0.271 e. The Balaban J connectivity index is 1.38. The third-order valence-electron chi connectivity index (χ3n) is 5.78. The molecule has 0 radical (unpaired) electrons. The van der Waals surface area contributed by atoms with Gasteiger partial charge in [-0.15, -0.1) is 0 Å². The monoisotopic (exact) mass is 543 g/mol. The fraction of sp³-hybridized carbons (Fsp3) is 0.133. The molecule has 0 spiro atoms. The molecule has 0 atom stereocenters. The lowest BCUT2D eigenvalue weighted by atomic mass is 10.2. The molecule has 0 aliphatic carbocycles. The van der Waals surface area contributed by atoms with Gasteiger partial charge >= 0.3 is 0 Å². The SMILES string of the molecule is CCOc1cc(/C=N\NC(=O)c2ccc(N(C)S(=O)(=O)c3ccccc3)cc2)ccc1OCc1ccccc1. The van der Waals surface area contributed by atoms with Crippen molar-refractivity contribution in [2.24, 2.45) is 5.10 Å². The van der Waals surface area contributed by atoms with Crippen LogP contribution >= 0.6 is 0 Å². The van der Waals surface area contributed by atoms with Gasteiger partial charge in [0.25, 0.3) is 15.9 Å². The highest BCUT2D eigenvalue weighted by molar-refractivity contribution is 7.92. The zero-order valence-electron chi connectivity index (χ0n) is 21.7. The van der Waals surface area contributed by atoms with E-state index in [1.165, 1.54) is 29.7 Å². The summed E-state index contributed by atoms with van der Waals surface area (Å²) >= 11 is 0. The number of hydrogen-bond acceptors (Lipinski definition) is 6. The van der Waals surface area contributed by atoms with Gasteiger partial charge in [0.1, 0.15) is 6.61 Å². The van der Waals surface area contributed by atoms with Crippen LogP contribution < -0.4 is 19.2 Å². The van der Waals surface area contributed by atoms with Gasteiger partial charge in [-0.05, 0) is 72.6 Å². The molecule has 0 aliphatic heterocycles. The molecule has 4 aromatic carbocycles. The van der Waals surface area contributed by atoms with E-state index in [4.69, 9.17) is 9.47 Å².